The maximum atomic E-state index is 6.20. The molecule has 94 valence electrons. The van der Waals surface area contributed by atoms with Crippen LogP contribution in [0.1, 0.15) is 17.5 Å². The van der Waals surface area contributed by atoms with Crippen LogP contribution in [0.25, 0.3) is 0 Å². The first-order valence-corrected chi connectivity index (χ1v) is 6.67. The molecule has 0 amide bonds. The Bertz CT molecular complexity index is 378. The number of hydrogen-bond acceptors (Lipinski definition) is 2. The Morgan fingerprint density at radius 3 is 2.94 bits per heavy atom. The van der Waals surface area contributed by atoms with Crippen LogP contribution in [-0.2, 0) is 6.54 Å². The lowest BCUT2D eigenvalue weighted by Gasteiger charge is -2.12. The molecule has 1 saturated heterocycles. The standard InChI is InChI=1S/C14H21ClN2/c1-11-3-4-13(14(15)7-11)9-16-8-12-5-6-17(2)10-12/h3-4,7,12,16H,5-6,8-10H2,1-2H3. The maximum Gasteiger partial charge on any atom is 0.0453 e. The fourth-order valence-electron chi connectivity index (χ4n) is 2.40. The predicted molar refractivity (Wildman–Crippen MR) is 73.5 cm³/mol. The number of nitrogens with one attached hydrogen (secondary N) is 1. The van der Waals surface area contributed by atoms with Crippen molar-refractivity contribution in [3.8, 4) is 0 Å². The summed E-state index contributed by atoms with van der Waals surface area (Å²) >= 11 is 6.20. The van der Waals surface area contributed by atoms with E-state index in [2.05, 4.69) is 36.3 Å². The second-order valence-electron chi connectivity index (χ2n) is 5.14. The number of nitrogens with zero attached hydrogens (tertiary/aromatic N) is 1. The van der Waals surface area contributed by atoms with Crippen LogP contribution in [-0.4, -0.2) is 31.6 Å². The summed E-state index contributed by atoms with van der Waals surface area (Å²) in [5.74, 6) is 0.796. The number of aryl methyl sites for hydroxylation is 1. The third-order valence-corrected chi connectivity index (χ3v) is 3.80. The van der Waals surface area contributed by atoms with Crippen molar-refractivity contribution in [3.63, 3.8) is 0 Å². The van der Waals surface area contributed by atoms with E-state index in [1.165, 1.54) is 30.6 Å². The van der Waals surface area contributed by atoms with Crippen LogP contribution < -0.4 is 5.32 Å². The summed E-state index contributed by atoms with van der Waals surface area (Å²) in [5.41, 5.74) is 2.42. The van der Waals surface area contributed by atoms with Gasteiger partial charge < -0.3 is 10.2 Å². The van der Waals surface area contributed by atoms with E-state index in [1.54, 1.807) is 0 Å². The molecule has 1 atom stereocenters. The van der Waals surface area contributed by atoms with Gasteiger partial charge in [-0.25, -0.2) is 0 Å². The first-order valence-electron chi connectivity index (χ1n) is 6.29. The van der Waals surface area contributed by atoms with E-state index >= 15 is 0 Å². The van der Waals surface area contributed by atoms with Crippen molar-refractivity contribution in [2.75, 3.05) is 26.7 Å². The zero-order valence-electron chi connectivity index (χ0n) is 10.7. The first-order chi connectivity index (χ1) is 8.15. The Kier molecular flexibility index (Phi) is 4.43. The van der Waals surface area contributed by atoms with Gasteiger partial charge in [0.2, 0.25) is 0 Å². The molecule has 1 heterocycles. The lowest BCUT2D eigenvalue weighted by atomic mass is 10.1. The highest BCUT2D eigenvalue weighted by Gasteiger charge is 2.18. The van der Waals surface area contributed by atoms with Gasteiger partial charge in [-0.2, -0.15) is 0 Å². The molecule has 2 nitrogen and oxygen atoms in total. The second-order valence-corrected chi connectivity index (χ2v) is 5.55. The molecular weight excluding hydrogens is 232 g/mol. The van der Waals surface area contributed by atoms with Crippen LogP contribution in [0, 0.1) is 12.8 Å². The summed E-state index contributed by atoms with van der Waals surface area (Å²) in [6.07, 6.45) is 1.31. The third kappa shape index (κ3) is 3.70. The zero-order chi connectivity index (χ0) is 12.3. The molecule has 0 aliphatic carbocycles. The lowest BCUT2D eigenvalue weighted by molar-refractivity contribution is 0.388. The van der Waals surface area contributed by atoms with Crippen LogP contribution in [0.4, 0.5) is 0 Å². The minimum atomic E-state index is 0.796. The fraction of sp³-hybridized carbons (Fsp3) is 0.571. The monoisotopic (exact) mass is 252 g/mol. The minimum Gasteiger partial charge on any atom is -0.312 e. The summed E-state index contributed by atoms with van der Waals surface area (Å²) in [5, 5.41) is 4.39. The van der Waals surface area contributed by atoms with E-state index in [0.29, 0.717) is 0 Å². The van der Waals surface area contributed by atoms with Gasteiger partial charge in [0.25, 0.3) is 0 Å². The van der Waals surface area contributed by atoms with E-state index in [9.17, 15) is 0 Å². The molecule has 1 aliphatic rings. The van der Waals surface area contributed by atoms with E-state index in [1.807, 2.05) is 6.07 Å². The van der Waals surface area contributed by atoms with E-state index in [0.717, 1.165) is 24.0 Å². The minimum absolute atomic E-state index is 0.796. The largest absolute Gasteiger partial charge is 0.312 e. The predicted octanol–water partition coefficient (Wildman–Crippen LogP) is 2.69. The molecule has 17 heavy (non-hydrogen) atoms. The van der Waals surface area contributed by atoms with Crippen LogP contribution in [0.3, 0.4) is 0 Å². The molecule has 0 spiro atoms. The number of benzene rings is 1. The van der Waals surface area contributed by atoms with Gasteiger partial charge in [-0.3, -0.25) is 0 Å². The average molecular weight is 253 g/mol. The summed E-state index contributed by atoms with van der Waals surface area (Å²) in [4.78, 5) is 2.39. The zero-order valence-corrected chi connectivity index (χ0v) is 11.4. The Balaban J connectivity index is 1.78. The van der Waals surface area contributed by atoms with Crippen LogP contribution in [0.15, 0.2) is 18.2 Å². The summed E-state index contributed by atoms with van der Waals surface area (Å²) in [7, 11) is 2.19. The number of rotatable bonds is 4. The topological polar surface area (TPSA) is 15.3 Å². The molecule has 1 aromatic carbocycles. The molecule has 0 aromatic heterocycles. The van der Waals surface area contributed by atoms with Crippen molar-refractivity contribution in [1.82, 2.24) is 10.2 Å². The molecule has 0 bridgehead atoms. The highest BCUT2D eigenvalue weighted by atomic mass is 35.5. The Morgan fingerprint density at radius 1 is 1.47 bits per heavy atom. The molecule has 1 fully saturated rings. The van der Waals surface area contributed by atoms with Crippen LogP contribution in [0.5, 0.6) is 0 Å². The van der Waals surface area contributed by atoms with Crippen molar-refractivity contribution >= 4 is 11.6 Å². The Hall–Kier alpha value is -0.570. The van der Waals surface area contributed by atoms with Gasteiger partial charge in [0, 0.05) is 18.1 Å². The van der Waals surface area contributed by atoms with Crippen LogP contribution in [0.2, 0.25) is 5.02 Å². The first kappa shape index (κ1) is 12.9. The van der Waals surface area contributed by atoms with Crippen molar-refractivity contribution in [1.29, 1.82) is 0 Å². The molecule has 2 rings (SSSR count). The van der Waals surface area contributed by atoms with Gasteiger partial charge in [-0.1, -0.05) is 23.7 Å². The van der Waals surface area contributed by atoms with Crippen molar-refractivity contribution in [2.24, 2.45) is 5.92 Å². The number of hydrogen-bond donors (Lipinski definition) is 1. The maximum absolute atomic E-state index is 6.20. The van der Waals surface area contributed by atoms with E-state index < -0.39 is 0 Å². The van der Waals surface area contributed by atoms with E-state index in [-0.39, 0.29) is 0 Å². The summed E-state index contributed by atoms with van der Waals surface area (Å²) in [6.45, 7) is 6.48. The molecule has 1 aromatic rings. The quantitative estimate of drug-likeness (QED) is 0.887. The number of halogens is 1. The van der Waals surface area contributed by atoms with Gasteiger partial charge in [-0.05, 0) is 56.6 Å². The second kappa shape index (κ2) is 5.85. The smallest absolute Gasteiger partial charge is 0.0453 e. The Labute approximate surface area is 109 Å². The van der Waals surface area contributed by atoms with E-state index in [4.69, 9.17) is 11.6 Å². The summed E-state index contributed by atoms with van der Waals surface area (Å²) < 4.78 is 0. The fourth-order valence-corrected chi connectivity index (χ4v) is 2.70. The van der Waals surface area contributed by atoms with Gasteiger partial charge in [0.1, 0.15) is 0 Å². The van der Waals surface area contributed by atoms with Gasteiger partial charge >= 0.3 is 0 Å². The van der Waals surface area contributed by atoms with Crippen molar-refractivity contribution in [3.05, 3.63) is 34.3 Å². The Morgan fingerprint density at radius 2 is 2.29 bits per heavy atom. The average Bonchev–Trinajstić information content (AvgIpc) is 2.68. The molecular formula is C14H21ClN2. The molecule has 1 unspecified atom stereocenters. The molecule has 0 saturated carbocycles. The SMILES string of the molecule is Cc1ccc(CNCC2CCN(C)C2)c(Cl)c1. The normalized spacial score (nSPS) is 21.0. The molecule has 0 radical (unpaired) electrons. The molecule has 3 heteroatoms. The summed E-state index contributed by atoms with van der Waals surface area (Å²) in [6, 6.07) is 6.26. The molecule has 1 N–H and O–H groups in total. The highest BCUT2D eigenvalue weighted by Crippen LogP contribution is 2.18. The molecule has 1 aliphatic heterocycles. The lowest BCUT2D eigenvalue weighted by Crippen LogP contribution is -2.24. The van der Waals surface area contributed by atoms with Crippen LogP contribution >= 0.6 is 11.6 Å². The third-order valence-electron chi connectivity index (χ3n) is 3.45. The van der Waals surface area contributed by atoms with Gasteiger partial charge in [-0.15, -0.1) is 0 Å². The van der Waals surface area contributed by atoms with Crippen molar-refractivity contribution < 1.29 is 0 Å². The highest BCUT2D eigenvalue weighted by molar-refractivity contribution is 6.31. The van der Waals surface area contributed by atoms with Crippen molar-refractivity contribution in [2.45, 2.75) is 19.9 Å². The number of likely N-dealkylation sites (tertiary alicyclic amines) is 1. The van der Waals surface area contributed by atoms with Gasteiger partial charge in [0.15, 0.2) is 0 Å². The van der Waals surface area contributed by atoms with Gasteiger partial charge in [0.05, 0.1) is 0 Å².